The molecule has 0 amide bonds. The molecular weight excluding hydrogens is 177 g/mol. The Balaban J connectivity index is 0. The minimum Gasteiger partial charge on any atom is 0 e. The van der Waals surface area contributed by atoms with Crippen LogP contribution in [0.3, 0.4) is 0 Å². The van der Waals surface area contributed by atoms with Crippen LogP contribution >= 0.6 is 0 Å². The molecule has 0 unspecified atom stereocenters. The van der Waals surface area contributed by atoms with E-state index in [1.165, 1.54) is 0 Å². The summed E-state index contributed by atoms with van der Waals surface area (Å²) in [5.41, 5.74) is 0. The number of rotatable bonds is 0. The SMILES string of the molecule is [CH3][Cu]([CH3])([CH3])[CH3].[Zn]. The molecule has 41 valence electrons. The van der Waals surface area contributed by atoms with Crippen molar-refractivity contribution in [3.8, 4) is 0 Å². The molecule has 0 aromatic carbocycles. The average Bonchev–Trinajstić information content (AvgIpc) is 0.722. The third-order valence-electron chi connectivity index (χ3n) is 0. The fourth-order valence-corrected chi connectivity index (χ4v) is 0. The number of hydrogen-bond acceptors (Lipinski definition) is 0. The van der Waals surface area contributed by atoms with E-state index in [4.69, 9.17) is 0 Å². The normalized spacial score (nSPS) is 12.7. The van der Waals surface area contributed by atoms with Gasteiger partial charge in [0.15, 0.2) is 0 Å². The molecule has 6 heavy (non-hydrogen) atoms. The molecule has 0 N–H and O–H groups in total. The zero-order valence-corrected chi connectivity index (χ0v) is 8.92. The second-order valence-corrected chi connectivity index (χ2v) is 7.46. The van der Waals surface area contributed by atoms with Crippen molar-refractivity contribution < 1.29 is 32.3 Å². The van der Waals surface area contributed by atoms with Gasteiger partial charge < -0.3 is 0 Å². The molecular formula is C4H12CuZn. The van der Waals surface area contributed by atoms with Gasteiger partial charge in [0.05, 0.1) is 0 Å². The molecule has 0 atom stereocenters. The van der Waals surface area contributed by atoms with Crippen LogP contribution in [-0.4, -0.2) is 0 Å². The third kappa shape index (κ3) is 67.6. The Bertz CT molecular complexity index is 23.0. The van der Waals surface area contributed by atoms with Crippen molar-refractivity contribution in [1.82, 2.24) is 0 Å². The van der Waals surface area contributed by atoms with E-state index in [2.05, 4.69) is 23.3 Å². The first-order chi connectivity index (χ1) is 2.00. The third-order valence-corrected chi connectivity index (χ3v) is 0. The Kier molecular flexibility index (Phi) is 5.41. The van der Waals surface area contributed by atoms with Crippen molar-refractivity contribution in [1.29, 1.82) is 0 Å². The van der Waals surface area contributed by atoms with E-state index in [1.54, 1.807) is 0 Å². The summed E-state index contributed by atoms with van der Waals surface area (Å²) in [5.74, 6) is 9.06. The fourth-order valence-electron chi connectivity index (χ4n) is 0. The maximum atomic E-state index is 2.27. The molecule has 0 fully saturated rings. The largest absolute Gasteiger partial charge is 0 e. The van der Waals surface area contributed by atoms with E-state index in [0.29, 0.717) is 0 Å². The van der Waals surface area contributed by atoms with Gasteiger partial charge in [-0.15, -0.1) is 0 Å². The second kappa shape index (κ2) is 3.18. The van der Waals surface area contributed by atoms with Crippen molar-refractivity contribution in [3.63, 3.8) is 0 Å². The van der Waals surface area contributed by atoms with Gasteiger partial charge in [-0.3, -0.25) is 0 Å². The molecule has 0 spiro atoms. The monoisotopic (exact) mass is 187 g/mol. The number of hydrogen-bond donors (Lipinski definition) is 0. The van der Waals surface area contributed by atoms with Crippen molar-refractivity contribution in [2.24, 2.45) is 0 Å². The van der Waals surface area contributed by atoms with E-state index >= 15 is 0 Å². The molecule has 0 nitrogen and oxygen atoms in total. The Morgan fingerprint density at radius 2 is 0.833 bits per heavy atom. The molecule has 2 heteroatoms. The van der Waals surface area contributed by atoms with Crippen LogP contribution in [0.5, 0.6) is 0 Å². The molecule has 0 radical (unpaired) electrons. The van der Waals surface area contributed by atoms with Gasteiger partial charge in [-0.05, 0) is 0 Å². The van der Waals surface area contributed by atoms with E-state index in [-0.39, 0.29) is 32.3 Å². The van der Waals surface area contributed by atoms with Crippen LogP contribution in [0.4, 0.5) is 0 Å². The van der Waals surface area contributed by atoms with E-state index in [9.17, 15) is 0 Å². The maximum absolute atomic E-state index is 2.27. The van der Waals surface area contributed by atoms with Gasteiger partial charge >= 0.3 is 36.1 Å². The van der Waals surface area contributed by atoms with Gasteiger partial charge in [0, 0.05) is 19.5 Å². The zero-order chi connectivity index (χ0) is 4.50. The summed E-state index contributed by atoms with van der Waals surface area (Å²) in [6.45, 7) is 0. The minimum absolute atomic E-state index is 0. The van der Waals surface area contributed by atoms with E-state index in [1.807, 2.05) is 0 Å². The summed E-state index contributed by atoms with van der Waals surface area (Å²) in [4.78, 5) is 0. The second-order valence-electron chi connectivity index (χ2n) is 1.81. The van der Waals surface area contributed by atoms with Gasteiger partial charge in [-0.2, -0.15) is 0 Å². The molecule has 0 aliphatic rings. The summed E-state index contributed by atoms with van der Waals surface area (Å²) < 4.78 is 0. The predicted molar refractivity (Wildman–Crippen MR) is 23.5 cm³/mol. The van der Waals surface area contributed by atoms with Crippen LogP contribution in [-0.2, 0) is 32.3 Å². The van der Waals surface area contributed by atoms with Crippen molar-refractivity contribution >= 4 is 0 Å². The van der Waals surface area contributed by atoms with Crippen LogP contribution in [0, 0.1) is 0 Å². The van der Waals surface area contributed by atoms with E-state index < -0.39 is 0 Å². The summed E-state index contributed by atoms with van der Waals surface area (Å²) in [6, 6.07) is 0. The van der Waals surface area contributed by atoms with Crippen molar-refractivity contribution in [2.45, 2.75) is 23.3 Å². The first-order valence-corrected chi connectivity index (χ1v) is 4.97. The smallest absolute Gasteiger partial charge is 0 e. The molecule has 0 saturated carbocycles. The molecule has 0 heterocycles. The first kappa shape index (κ1) is 10.2. The molecule has 0 aliphatic carbocycles. The van der Waals surface area contributed by atoms with Gasteiger partial charge in [0.25, 0.3) is 0 Å². The van der Waals surface area contributed by atoms with Gasteiger partial charge in [0.1, 0.15) is 0 Å². The topological polar surface area (TPSA) is 0 Å². The molecule has 0 aliphatic heterocycles. The van der Waals surface area contributed by atoms with Crippen LogP contribution in [0.15, 0.2) is 0 Å². The Hall–Kier alpha value is 1.14. The van der Waals surface area contributed by atoms with Crippen LogP contribution < -0.4 is 0 Å². The maximum Gasteiger partial charge on any atom is 0 e. The van der Waals surface area contributed by atoms with Gasteiger partial charge in [0.2, 0.25) is 0 Å². The van der Waals surface area contributed by atoms with Crippen molar-refractivity contribution in [3.05, 3.63) is 0 Å². The molecule has 0 saturated heterocycles. The minimum atomic E-state index is -0.125. The van der Waals surface area contributed by atoms with E-state index in [0.717, 1.165) is 0 Å². The molecule has 0 aromatic rings. The summed E-state index contributed by atoms with van der Waals surface area (Å²) >= 11 is -0.125. The Morgan fingerprint density at radius 1 is 0.833 bits per heavy atom. The van der Waals surface area contributed by atoms with Crippen molar-refractivity contribution in [2.75, 3.05) is 0 Å². The predicted octanol–water partition coefficient (Wildman–Crippen LogP) is 2.33. The quantitative estimate of drug-likeness (QED) is 0.513. The fraction of sp³-hybridized carbons (Fsp3) is 1.00. The van der Waals surface area contributed by atoms with Gasteiger partial charge in [-0.25, -0.2) is 0 Å². The summed E-state index contributed by atoms with van der Waals surface area (Å²) in [6.07, 6.45) is 0. The van der Waals surface area contributed by atoms with Gasteiger partial charge in [-0.1, -0.05) is 0 Å². The summed E-state index contributed by atoms with van der Waals surface area (Å²) in [5, 5.41) is 0. The molecule has 0 rings (SSSR count). The standard InChI is InChI=1S/4CH3.Cu.Zn/h4*1H3;;. The van der Waals surface area contributed by atoms with Crippen LogP contribution in [0.25, 0.3) is 0 Å². The molecule has 0 aromatic heterocycles. The van der Waals surface area contributed by atoms with Crippen LogP contribution in [0.1, 0.15) is 0 Å². The Morgan fingerprint density at radius 3 is 0.833 bits per heavy atom. The van der Waals surface area contributed by atoms with Crippen LogP contribution in [0.2, 0.25) is 23.3 Å². The zero-order valence-electron chi connectivity index (χ0n) is 5.01. The summed E-state index contributed by atoms with van der Waals surface area (Å²) in [7, 11) is 0. The molecule has 0 bridgehead atoms. The average molecular weight is 189 g/mol. The Labute approximate surface area is 55.7 Å². The first-order valence-electron chi connectivity index (χ1n) is 1.21.